The van der Waals surface area contributed by atoms with Crippen LogP contribution >= 0.6 is 12.4 Å². The number of rotatable bonds is 7. The van der Waals surface area contributed by atoms with Gasteiger partial charge in [-0.25, -0.2) is 9.59 Å². The van der Waals surface area contributed by atoms with Crippen molar-refractivity contribution in [2.75, 3.05) is 6.54 Å². The molecule has 0 heterocycles. The number of halogens is 1. The van der Waals surface area contributed by atoms with Gasteiger partial charge in [-0.2, -0.15) is 0 Å². The molecule has 3 aromatic carbocycles. The number of carbonyl (C=O) groups is 3. The fourth-order valence-corrected chi connectivity index (χ4v) is 3.15. The zero-order valence-electron chi connectivity index (χ0n) is 20.5. The summed E-state index contributed by atoms with van der Waals surface area (Å²) in [5.41, 5.74) is 2.62. The van der Waals surface area contributed by atoms with Crippen LogP contribution in [-0.4, -0.2) is 29.8 Å². The summed E-state index contributed by atoms with van der Waals surface area (Å²) in [5.74, 6) is -1.35. The Hall–Kier alpha value is -3.48. The maximum absolute atomic E-state index is 12.8. The molecule has 3 rings (SSSR count). The van der Waals surface area contributed by atoms with Crippen LogP contribution in [0.25, 0.3) is 0 Å². The van der Waals surface area contributed by atoms with Crippen LogP contribution in [0, 0.1) is 13.8 Å². The summed E-state index contributed by atoms with van der Waals surface area (Å²) >= 11 is 0. The van der Waals surface area contributed by atoms with Crippen molar-refractivity contribution >= 4 is 30.1 Å². The molecular weight excluding hydrogens is 466 g/mol. The van der Waals surface area contributed by atoms with Crippen LogP contribution in [0.2, 0.25) is 0 Å². The van der Waals surface area contributed by atoms with Gasteiger partial charge in [0.05, 0.1) is 17.7 Å². The lowest BCUT2D eigenvalue weighted by Gasteiger charge is -2.20. The van der Waals surface area contributed by atoms with Crippen molar-refractivity contribution in [3.8, 4) is 11.5 Å². The average Bonchev–Trinajstić information content (AvgIpc) is 2.78. The molecule has 1 N–H and O–H groups in total. The number of ketones is 1. The SMILES string of the molecule is Cc1cccc(C(=O)Oc2ccc(C(=O)CNC(C)(C)C)cc2OC(=O)c2cccc(C)c2)c1.Cl. The van der Waals surface area contributed by atoms with Gasteiger partial charge in [-0.3, -0.25) is 4.79 Å². The number of ether oxygens (including phenoxy) is 2. The molecule has 0 spiro atoms. The second kappa shape index (κ2) is 11.8. The lowest BCUT2D eigenvalue weighted by molar-refractivity contribution is 0.0682. The molecule has 0 aliphatic carbocycles. The lowest BCUT2D eigenvalue weighted by atomic mass is 10.1. The van der Waals surface area contributed by atoms with E-state index in [2.05, 4.69) is 5.32 Å². The molecule has 0 bridgehead atoms. The van der Waals surface area contributed by atoms with Crippen molar-refractivity contribution in [1.82, 2.24) is 5.32 Å². The van der Waals surface area contributed by atoms with Crippen molar-refractivity contribution in [3.63, 3.8) is 0 Å². The number of hydrogen-bond acceptors (Lipinski definition) is 6. The van der Waals surface area contributed by atoms with E-state index >= 15 is 0 Å². The molecule has 0 unspecified atom stereocenters. The van der Waals surface area contributed by atoms with Gasteiger partial charge >= 0.3 is 11.9 Å². The van der Waals surface area contributed by atoms with Crippen LogP contribution in [0.1, 0.15) is 63.0 Å². The highest BCUT2D eigenvalue weighted by atomic mass is 35.5. The summed E-state index contributed by atoms with van der Waals surface area (Å²) in [6.45, 7) is 9.73. The van der Waals surface area contributed by atoms with Gasteiger partial charge in [-0.05, 0) is 77.1 Å². The van der Waals surface area contributed by atoms with E-state index in [9.17, 15) is 14.4 Å². The second-order valence-electron chi connectivity index (χ2n) is 9.21. The number of carbonyl (C=O) groups excluding carboxylic acids is 3. The first-order valence-corrected chi connectivity index (χ1v) is 11.0. The minimum absolute atomic E-state index is 0. The van der Waals surface area contributed by atoms with E-state index in [-0.39, 0.29) is 41.8 Å². The molecule has 0 aliphatic heterocycles. The van der Waals surface area contributed by atoms with Crippen LogP contribution in [0.5, 0.6) is 11.5 Å². The minimum atomic E-state index is -0.617. The van der Waals surface area contributed by atoms with Crippen molar-refractivity contribution < 1.29 is 23.9 Å². The normalized spacial score (nSPS) is 10.8. The third-order valence-electron chi connectivity index (χ3n) is 4.96. The van der Waals surface area contributed by atoms with E-state index in [1.807, 2.05) is 46.8 Å². The molecule has 3 aromatic rings. The van der Waals surface area contributed by atoms with Gasteiger partial charge < -0.3 is 14.8 Å². The van der Waals surface area contributed by atoms with Gasteiger partial charge in [0.15, 0.2) is 17.3 Å². The van der Waals surface area contributed by atoms with Gasteiger partial charge in [0.1, 0.15) is 0 Å². The fraction of sp³-hybridized carbons (Fsp3) is 0.250. The van der Waals surface area contributed by atoms with E-state index in [0.29, 0.717) is 16.7 Å². The standard InChI is InChI=1S/C28H29NO5.ClH/c1-18-8-6-10-21(14-18)26(31)33-24-13-12-20(23(30)17-29-28(3,4)5)16-25(24)34-27(32)22-11-7-9-19(2)15-22;/h6-16,29H,17H2,1-5H3;1H. The van der Waals surface area contributed by atoms with E-state index in [1.165, 1.54) is 12.1 Å². The molecule has 35 heavy (non-hydrogen) atoms. The highest BCUT2D eigenvalue weighted by Crippen LogP contribution is 2.30. The predicted molar refractivity (Wildman–Crippen MR) is 138 cm³/mol. The van der Waals surface area contributed by atoms with Gasteiger partial charge in [-0.1, -0.05) is 35.4 Å². The molecule has 184 valence electrons. The Balaban J connectivity index is 0.00000432. The zero-order chi connectivity index (χ0) is 24.9. The molecule has 0 saturated heterocycles. The summed E-state index contributed by atoms with van der Waals surface area (Å²) in [5, 5.41) is 3.14. The van der Waals surface area contributed by atoms with Crippen molar-refractivity contribution in [2.45, 2.75) is 40.2 Å². The van der Waals surface area contributed by atoms with Crippen LogP contribution in [0.3, 0.4) is 0 Å². The Morgan fingerprint density at radius 2 is 1.23 bits per heavy atom. The topological polar surface area (TPSA) is 81.7 Å². The number of hydrogen-bond donors (Lipinski definition) is 1. The number of nitrogens with one attached hydrogen (secondary N) is 1. The van der Waals surface area contributed by atoms with E-state index in [0.717, 1.165) is 11.1 Å². The number of Topliss-reactive ketones (excluding diaryl/α,β-unsaturated/α-hetero) is 1. The first-order valence-electron chi connectivity index (χ1n) is 11.0. The quantitative estimate of drug-likeness (QED) is 0.256. The third kappa shape index (κ3) is 8.05. The molecular formula is C28H30ClNO5. The molecule has 7 heteroatoms. The molecule has 0 saturated carbocycles. The Kier molecular flexibility index (Phi) is 9.34. The maximum atomic E-state index is 12.8. The summed E-state index contributed by atoms with van der Waals surface area (Å²) in [7, 11) is 0. The summed E-state index contributed by atoms with van der Waals surface area (Å²) in [6, 6.07) is 18.4. The Bertz CT molecular complexity index is 1230. The number of aryl methyl sites for hydroxylation is 2. The molecule has 0 fully saturated rings. The van der Waals surface area contributed by atoms with Crippen LogP contribution in [0.4, 0.5) is 0 Å². The molecule has 0 radical (unpaired) electrons. The zero-order valence-corrected chi connectivity index (χ0v) is 21.3. The van der Waals surface area contributed by atoms with Gasteiger partial charge in [0.2, 0.25) is 0 Å². The monoisotopic (exact) mass is 495 g/mol. The number of esters is 2. The second-order valence-corrected chi connectivity index (χ2v) is 9.21. The van der Waals surface area contributed by atoms with Gasteiger partial charge in [0, 0.05) is 11.1 Å². The highest BCUT2D eigenvalue weighted by Gasteiger charge is 2.20. The summed E-state index contributed by atoms with van der Waals surface area (Å²) in [4.78, 5) is 38.2. The van der Waals surface area contributed by atoms with E-state index in [4.69, 9.17) is 9.47 Å². The Morgan fingerprint density at radius 3 is 1.71 bits per heavy atom. The molecule has 0 aliphatic rings. The van der Waals surface area contributed by atoms with E-state index < -0.39 is 11.9 Å². The Labute approximate surface area is 212 Å². The third-order valence-corrected chi connectivity index (χ3v) is 4.96. The largest absolute Gasteiger partial charge is 0.419 e. The summed E-state index contributed by atoms with van der Waals surface area (Å²) in [6.07, 6.45) is 0. The first-order chi connectivity index (χ1) is 16.0. The van der Waals surface area contributed by atoms with Crippen molar-refractivity contribution in [2.24, 2.45) is 0 Å². The van der Waals surface area contributed by atoms with Crippen LogP contribution in [-0.2, 0) is 0 Å². The predicted octanol–water partition coefficient (Wildman–Crippen LogP) is 5.73. The van der Waals surface area contributed by atoms with Crippen molar-refractivity contribution in [3.05, 3.63) is 94.5 Å². The van der Waals surface area contributed by atoms with Crippen LogP contribution in [0.15, 0.2) is 66.7 Å². The average molecular weight is 496 g/mol. The molecule has 6 nitrogen and oxygen atoms in total. The van der Waals surface area contributed by atoms with Gasteiger partial charge in [-0.15, -0.1) is 12.4 Å². The molecule has 0 aromatic heterocycles. The minimum Gasteiger partial charge on any atom is -0.419 e. The maximum Gasteiger partial charge on any atom is 0.343 e. The van der Waals surface area contributed by atoms with E-state index in [1.54, 1.807) is 42.5 Å². The first kappa shape index (κ1) is 27.8. The smallest absolute Gasteiger partial charge is 0.343 e. The molecule has 0 atom stereocenters. The van der Waals surface area contributed by atoms with Crippen LogP contribution < -0.4 is 14.8 Å². The number of benzene rings is 3. The van der Waals surface area contributed by atoms with Crippen molar-refractivity contribution in [1.29, 1.82) is 0 Å². The van der Waals surface area contributed by atoms with Gasteiger partial charge in [0.25, 0.3) is 0 Å². The fourth-order valence-electron chi connectivity index (χ4n) is 3.15. The Morgan fingerprint density at radius 1 is 0.714 bits per heavy atom. The lowest BCUT2D eigenvalue weighted by Crippen LogP contribution is -2.39. The molecule has 0 amide bonds. The highest BCUT2D eigenvalue weighted by molar-refractivity contribution is 5.99. The summed E-state index contributed by atoms with van der Waals surface area (Å²) < 4.78 is 11.1.